The van der Waals surface area contributed by atoms with Gasteiger partial charge in [0.15, 0.2) is 5.58 Å². The van der Waals surface area contributed by atoms with Gasteiger partial charge in [-0.05, 0) is 54.7 Å². The van der Waals surface area contributed by atoms with Gasteiger partial charge in [0, 0.05) is 39.7 Å². The van der Waals surface area contributed by atoms with Gasteiger partial charge in [-0.15, -0.1) is 0 Å². The number of carbonyl (C=O) groups is 1. The van der Waals surface area contributed by atoms with Crippen LogP contribution >= 0.6 is 0 Å². The fourth-order valence-corrected chi connectivity index (χ4v) is 4.23. The van der Waals surface area contributed by atoms with E-state index in [4.69, 9.17) is 14.4 Å². The van der Waals surface area contributed by atoms with Gasteiger partial charge in [0.1, 0.15) is 12.3 Å². The minimum atomic E-state index is -0.886. The first-order chi connectivity index (χ1) is 16.2. The van der Waals surface area contributed by atoms with Crippen molar-refractivity contribution in [1.82, 2.24) is 10.1 Å². The second-order valence-corrected chi connectivity index (χ2v) is 9.98. The summed E-state index contributed by atoms with van der Waals surface area (Å²) in [5, 5.41) is 18.2. The van der Waals surface area contributed by atoms with E-state index in [1.807, 2.05) is 24.3 Å². The van der Waals surface area contributed by atoms with Crippen LogP contribution in [0.2, 0.25) is 0 Å². The molecule has 0 aliphatic rings. The van der Waals surface area contributed by atoms with E-state index in [1.165, 1.54) is 0 Å². The maximum atomic E-state index is 10.8. The summed E-state index contributed by atoms with van der Waals surface area (Å²) in [5.74, 6) is -0.0348. The summed E-state index contributed by atoms with van der Waals surface area (Å²) in [5.41, 5.74) is 5.92. The van der Waals surface area contributed by atoms with Crippen molar-refractivity contribution in [2.75, 3.05) is 18.5 Å². The van der Waals surface area contributed by atoms with E-state index >= 15 is 0 Å². The summed E-state index contributed by atoms with van der Waals surface area (Å²) < 4.78 is 12.0. The molecule has 0 radical (unpaired) electrons. The van der Waals surface area contributed by atoms with Gasteiger partial charge in [-0.25, -0.2) is 0 Å². The maximum absolute atomic E-state index is 10.8. The van der Waals surface area contributed by atoms with Crippen LogP contribution in [-0.4, -0.2) is 34.4 Å². The van der Waals surface area contributed by atoms with E-state index in [9.17, 15) is 4.79 Å². The Bertz CT molecular complexity index is 1300. The average Bonchev–Trinajstić information content (AvgIpc) is 3.36. The third-order valence-electron chi connectivity index (χ3n) is 5.72. The molecule has 2 heterocycles. The number of aliphatic carboxylic acids is 1. The van der Waals surface area contributed by atoms with Gasteiger partial charge in [0.2, 0.25) is 0 Å². The smallest absolute Gasteiger partial charge is 0.322 e. The number of rotatable bonds is 10. The molecule has 0 spiro atoms. The van der Waals surface area contributed by atoms with Gasteiger partial charge in [-0.1, -0.05) is 39.3 Å². The molecule has 0 fully saturated rings. The molecule has 7 nitrogen and oxygen atoms in total. The predicted molar refractivity (Wildman–Crippen MR) is 135 cm³/mol. The van der Waals surface area contributed by atoms with Crippen LogP contribution in [-0.2, 0) is 24.1 Å². The molecule has 0 saturated heterocycles. The number of H-pyrrole nitrogens is 1. The van der Waals surface area contributed by atoms with Gasteiger partial charge in [0.25, 0.3) is 0 Å². The molecule has 3 N–H and O–H groups in total. The van der Waals surface area contributed by atoms with Crippen molar-refractivity contribution >= 4 is 33.5 Å². The number of carboxylic acids is 1. The monoisotopic (exact) mass is 463 g/mol. The summed E-state index contributed by atoms with van der Waals surface area (Å²) >= 11 is 0. The molecule has 0 unspecified atom stereocenters. The number of nitrogens with one attached hydrogen (secondary N) is 2. The Hall–Kier alpha value is -3.48. The van der Waals surface area contributed by atoms with E-state index in [2.05, 4.69) is 55.3 Å². The van der Waals surface area contributed by atoms with Crippen LogP contribution in [0.15, 0.2) is 40.9 Å². The Morgan fingerprint density at radius 2 is 2.00 bits per heavy atom. The van der Waals surface area contributed by atoms with E-state index in [0.717, 1.165) is 75.9 Å². The van der Waals surface area contributed by atoms with Crippen LogP contribution in [0, 0.1) is 5.41 Å². The third-order valence-corrected chi connectivity index (χ3v) is 5.72. The van der Waals surface area contributed by atoms with Crippen LogP contribution in [0.3, 0.4) is 0 Å². The molecule has 180 valence electrons. The van der Waals surface area contributed by atoms with Crippen molar-refractivity contribution in [3.8, 4) is 5.75 Å². The van der Waals surface area contributed by atoms with Crippen LogP contribution in [0.5, 0.6) is 5.75 Å². The van der Waals surface area contributed by atoms with Gasteiger partial charge in [-0.3, -0.25) is 4.79 Å². The van der Waals surface area contributed by atoms with E-state index in [1.54, 1.807) is 0 Å². The van der Waals surface area contributed by atoms with Crippen molar-refractivity contribution in [2.45, 2.75) is 53.4 Å². The molecule has 4 rings (SSSR count). The first-order valence-corrected chi connectivity index (χ1v) is 11.8. The fourth-order valence-electron chi connectivity index (χ4n) is 4.23. The first-order valence-electron chi connectivity index (χ1n) is 11.8. The molecule has 2 aromatic heterocycles. The molecule has 34 heavy (non-hydrogen) atoms. The number of aromatic amines is 1. The lowest BCUT2D eigenvalue weighted by atomic mass is 9.89. The summed E-state index contributed by atoms with van der Waals surface area (Å²) in [6, 6.07) is 12.0. The maximum Gasteiger partial charge on any atom is 0.322 e. The average molecular weight is 464 g/mol. The molecular weight excluding hydrogens is 430 g/mol. The normalized spacial score (nSPS) is 11.9. The quantitative estimate of drug-likeness (QED) is 0.268. The highest BCUT2D eigenvalue weighted by atomic mass is 16.5. The summed E-state index contributed by atoms with van der Waals surface area (Å²) in [7, 11) is 0. The lowest BCUT2D eigenvalue weighted by Gasteiger charge is -2.16. The summed E-state index contributed by atoms with van der Waals surface area (Å²) in [6.07, 6.45) is 3.45. The van der Waals surface area contributed by atoms with Gasteiger partial charge in [-0.2, -0.15) is 0 Å². The highest BCUT2D eigenvalue weighted by molar-refractivity contribution is 5.85. The Labute approximate surface area is 199 Å². The van der Waals surface area contributed by atoms with Gasteiger partial charge in [0.05, 0.1) is 12.3 Å². The van der Waals surface area contributed by atoms with Crippen molar-refractivity contribution in [3.63, 3.8) is 0 Å². The minimum Gasteiger partial charge on any atom is -0.493 e. The van der Waals surface area contributed by atoms with Gasteiger partial charge >= 0.3 is 5.97 Å². The Balaban J connectivity index is 1.47. The molecule has 0 saturated carbocycles. The number of nitrogens with zero attached hydrogens (tertiary/aromatic N) is 1. The molecule has 2 aromatic carbocycles. The summed E-state index contributed by atoms with van der Waals surface area (Å²) in [4.78, 5) is 14.2. The van der Waals surface area contributed by atoms with E-state index < -0.39 is 5.97 Å². The zero-order valence-electron chi connectivity index (χ0n) is 20.3. The number of ether oxygens (including phenoxy) is 1. The highest BCUT2D eigenvalue weighted by Crippen LogP contribution is 2.33. The van der Waals surface area contributed by atoms with Crippen molar-refractivity contribution < 1.29 is 19.2 Å². The molecule has 0 amide bonds. The molecule has 0 atom stereocenters. The lowest BCUT2D eigenvalue weighted by Crippen LogP contribution is -2.11. The van der Waals surface area contributed by atoms with Gasteiger partial charge < -0.3 is 24.7 Å². The van der Waals surface area contributed by atoms with E-state index in [0.29, 0.717) is 6.61 Å². The molecule has 0 aliphatic heterocycles. The largest absolute Gasteiger partial charge is 0.493 e. The molecular formula is C27H33N3O4. The standard InChI is InChI=1S/C27H33N3O4/c1-5-6-21-24(10-8-20-23(15-27(2,3)4)30-34-26(20)21)33-12-11-19-14-17-13-18(28-16-25(31)32)7-9-22(17)29-19/h7-10,13-14,28-29H,5-6,11-12,15-16H2,1-4H3,(H,31,32). The van der Waals surface area contributed by atoms with Crippen molar-refractivity contribution in [1.29, 1.82) is 0 Å². The predicted octanol–water partition coefficient (Wildman–Crippen LogP) is 5.97. The zero-order chi connectivity index (χ0) is 24.3. The van der Waals surface area contributed by atoms with Crippen LogP contribution in [0.1, 0.15) is 51.1 Å². The summed E-state index contributed by atoms with van der Waals surface area (Å²) in [6.45, 7) is 9.19. The van der Waals surface area contributed by atoms with Crippen LogP contribution in [0.4, 0.5) is 5.69 Å². The van der Waals surface area contributed by atoms with Crippen LogP contribution < -0.4 is 10.1 Å². The second kappa shape index (κ2) is 9.79. The number of benzene rings is 2. The SMILES string of the molecule is CCCc1c(OCCc2cc3cc(NCC(=O)O)ccc3[nH]2)ccc2c(CC(C)(C)C)noc12. The number of hydrogen-bond donors (Lipinski definition) is 3. The number of aryl methyl sites for hydroxylation is 1. The minimum absolute atomic E-state index is 0.107. The highest BCUT2D eigenvalue weighted by Gasteiger charge is 2.20. The molecule has 4 aromatic rings. The fraction of sp³-hybridized carbons (Fsp3) is 0.407. The zero-order valence-corrected chi connectivity index (χ0v) is 20.3. The number of carboxylic acid groups (broad SMARTS) is 1. The molecule has 7 heteroatoms. The van der Waals surface area contributed by atoms with E-state index in [-0.39, 0.29) is 12.0 Å². The first kappa shape index (κ1) is 23.7. The topological polar surface area (TPSA) is 100 Å². The number of hydrogen-bond acceptors (Lipinski definition) is 5. The van der Waals surface area contributed by atoms with Crippen LogP contribution in [0.25, 0.3) is 21.9 Å². The molecule has 0 aliphatic carbocycles. The Morgan fingerprint density at radius 1 is 1.18 bits per heavy atom. The Morgan fingerprint density at radius 3 is 2.74 bits per heavy atom. The number of anilines is 1. The number of aromatic nitrogens is 2. The third kappa shape index (κ3) is 5.53. The Kier molecular flexibility index (Phi) is 6.82. The molecule has 0 bridgehead atoms. The lowest BCUT2D eigenvalue weighted by molar-refractivity contribution is -0.134. The van der Waals surface area contributed by atoms with Crippen molar-refractivity contribution in [2.24, 2.45) is 5.41 Å². The van der Waals surface area contributed by atoms with Crippen molar-refractivity contribution in [3.05, 3.63) is 53.3 Å². The number of fused-ring (bicyclic) bond motifs is 2. The second-order valence-electron chi connectivity index (χ2n) is 9.98.